The van der Waals surface area contributed by atoms with Gasteiger partial charge in [0.15, 0.2) is 0 Å². The van der Waals surface area contributed by atoms with Crippen molar-refractivity contribution in [3.8, 4) is 0 Å². The fraction of sp³-hybridized carbons (Fsp3) is 0.652. The molecule has 6 nitrogen and oxygen atoms in total. The molecular weight excluding hydrogens is 364 g/mol. The van der Waals surface area contributed by atoms with Gasteiger partial charge in [-0.05, 0) is 77.4 Å². The number of benzene rings is 1. The predicted molar refractivity (Wildman–Crippen MR) is 117 cm³/mol. The lowest BCUT2D eigenvalue weighted by atomic mass is 10.1. The van der Waals surface area contributed by atoms with E-state index in [0.29, 0.717) is 36.9 Å². The Morgan fingerprint density at radius 3 is 2.55 bits per heavy atom. The molecule has 29 heavy (non-hydrogen) atoms. The number of carbonyl (C=O) groups is 2. The van der Waals surface area contributed by atoms with Crippen molar-refractivity contribution in [2.45, 2.75) is 52.0 Å². The van der Waals surface area contributed by atoms with E-state index < -0.39 is 0 Å². The first-order valence-corrected chi connectivity index (χ1v) is 11.3. The molecule has 2 saturated heterocycles. The zero-order valence-corrected chi connectivity index (χ0v) is 18.0. The van der Waals surface area contributed by atoms with Crippen molar-refractivity contribution >= 4 is 17.5 Å². The van der Waals surface area contributed by atoms with E-state index in [1.54, 1.807) is 11.0 Å². The molecule has 0 spiro atoms. The van der Waals surface area contributed by atoms with Gasteiger partial charge in [0.05, 0.1) is 6.54 Å². The zero-order chi connectivity index (χ0) is 20.6. The van der Waals surface area contributed by atoms with Crippen molar-refractivity contribution in [2.24, 2.45) is 0 Å². The van der Waals surface area contributed by atoms with Crippen LogP contribution in [0.3, 0.4) is 0 Å². The van der Waals surface area contributed by atoms with Gasteiger partial charge in [-0.15, -0.1) is 0 Å². The second kappa shape index (κ2) is 10.7. The molecule has 3 rings (SSSR count). The Bertz CT molecular complexity index is 683. The molecular formula is C23H36N4O2. The highest BCUT2D eigenvalue weighted by atomic mass is 16.2. The normalized spacial score (nSPS) is 20.6. The second-order valence-corrected chi connectivity index (χ2v) is 8.23. The summed E-state index contributed by atoms with van der Waals surface area (Å²) in [6.45, 7) is 10.2. The molecule has 0 saturated carbocycles. The number of piperidine rings is 1. The van der Waals surface area contributed by atoms with Crippen LogP contribution < -0.4 is 5.32 Å². The fourth-order valence-corrected chi connectivity index (χ4v) is 4.56. The first-order valence-electron chi connectivity index (χ1n) is 11.3. The quantitative estimate of drug-likeness (QED) is 0.729. The monoisotopic (exact) mass is 400 g/mol. The number of nitrogens with one attached hydrogen (secondary N) is 1. The van der Waals surface area contributed by atoms with Crippen LogP contribution in [0.25, 0.3) is 0 Å². The standard InChI is InChI=1S/C23H36N4O2/c1-3-26(4-2)23(29)19-10-8-11-20(16-19)24-22(28)18-27-15-9-12-21(27)17-25-13-6-5-7-14-25/h8,10-11,16,21H,3-7,9,12-15,17-18H2,1-2H3,(H,24,28). The average molecular weight is 401 g/mol. The lowest BCUT2D eigenvalue weighted by molar-refractivity contribution is -0.117. The van der Waals surface area contributed by atoms with Crippen molar-refractivity contribution in [2.75, 3.05) is 51.1 Å². The Kier molecular flexibility index (Phi) is 8.07. The molecule has 0 bridgehead atoms. The van der Waals surface area contributed by atoms with Crippen molar-refractivity contribution in [1.82, 2.24) is 14.7 Å². The summed E-state index contributed by atoms with van der Waals surface area (Å²) >= 11 is 0. The maximum absolute atomic E-state index is 12.7. The summed E-state index contributed by atoms with van der Waals surface area (Å²) in [5.74, 6) is 0.00946. The number of rotatable bonds is 8. The molecule has 2 amide bonds. The number of hydrogen-bond donors (Lipinski definition) is 1. The highest BCUT2D eigenvalue weighted by molar-refractivity contribution is 5.97. The summed E-state index contributed by atoms with van der Waals surface area (Å²) in [6, 6.07) is 7.77. The summed E-state index contributed by atoms with van der Waals surface area (Å²) in [5, 5.41) is 3.00. The van der Waals surface area contributed by atoms with Crippen LogP contribution in [0.4, 0.5) is 5.69 Å². The molecule has 2 aliphatic heterocycles. The fourth-order valence-electron chi connectivity index (χ4n) is 4.56. The molecule has 0 radical (unpaired) electrons. The summed E-state index contributed by atoms with van der Waals surface area (Å²) in [7, 11) is 0. The number of carbonyl (C=O) groups excluding carboxylic acids is 2. The van der Waals surface area contributed by atoms with Gasteiger partial charge in [-0.3, -0.25) is 14.5 Å². The molecule has 2 fully saturated rings. The molecule has 1 aromatic carbocycles. The second-order valence-electron chi connectivity index (χ2n) is 8.23. The number of nitrogens with zero attached hydrogens (tertiary/aromatic N) is 3. The number of anilines is 1. The Balaban J connectivity index is 1.54. The van der Waals surface area contributed by atoms with Gasteiger partial charge in [0, 0.05) is 36.9 Å². The van der Waals surface area contributed by atoms with Crippen LogP contribution in [0.1, 0.15) is 56.3 Å². The first-order chi connectivity index (χ1) is 14.1. The molecule has 160 valence electrons. The summed E-state index contributed by atoms with van der Waals surface area (Å²) in [5.41, 5.74) is 1.32. The number of amides is 2. The molecule has 6 heteroatoms. The SMILES string of the molecule is CCN(CC)C(=O)c1cccc(NC(=O)CN2CCCC2CN2CCCCC2)c1. The highest BCUT2D eigenvalue weighted by Crippen LogP contribution is 2.20. The van der Waals surface area contributed by atoms with Crippen LogP contribution in [0.5, 0.6) is 0 Å². The largest absolute Gasteiger partial charge is 0.339 e. The van der Waals surface area contributed by atoms with Crippen LogP contribution in [-0.2, 0) is 4.79 Å². The molecule has 2 aliphatic rings. The third kappa shape index (κ3) is 6.03. The van der Waals surface area contributed by atoms with Gasteiger partial charge in [0.1, 0.15) is 0 Å². The Morgan fingerprint density at radius 1 is 1.07 bits per heavy atom. The molecule has 1 N–H and O–H groups in total. The maximum atomic E-state index is 12.7. The molecule has 0 aliphatic carbocycles. The van der Waals surface area contributed by atoms with Crippen LogP contribution in [0.2, 0.25) is 0 Å². The topological polar surface area (TPSA) is 55.9 Å². The third-order valence-corrected chi connectivity index (χ3v) is 6.21. The summed E-state index contributed by atoms with van der Waals surface area (Å²) in [6.07, 6.45) is 6.30. The summed E-state index contributed by atoms with van der Waals surface area (Å²) in [4.78, 5) is 31.9. The summed E-state index contributed by atoms with van der Waals surface area (Å²) < 4.78 is 0. The van der Waals surface area contributed by atoms with Crippen LogP contribution in [0.15, 0.2) is 24.3 Å². The third-order valence-electron chi connectivity index (χ3n) is 6.21. The van der Waals surface area contributed by atoms with Crippen molar-refractivity contribution in [1.29, 1.82) is 0 Å². The van der Waals surface area contributed by atoms with Gasteiger partial charge in [-0.1, -0.05) is 12.5 Å². The van der Waals surface area contributed by atoms with E-state index >= 15 is 0 Å². The first kappa shape index (κ1) is 21.8. The Morgan fingerprint density at radius 2 is 1.83 bits per heavy atom. The highest BCUT2D eigenvalue weighted by Gasteiger charge is 2.28. The maximum Gasteiger partial charge on any atom is 0.253 e. The number of likely N-dealkylation sites (tertiary alicyclic amines) is 2. The molecule has 2 heterocycles. The van der Waals surface area contributed by atoms with Crippen LogP contribution in [-0.4, -0.2) is 78.4 Å². The van der Waals surface area contributed by atoms with E-state index in [1.165, 1.54) is 45.2 Å². The van der Waals surface area contributed by atoms with Gasteiger partial charge in [-0.25, -0.2) is 0 Å². The van der Waals surface area contributed by atoms with E-state index in [0.717, 1.165) is 13.1 Å². The lowest BCUT2D eigenvalue weighted by Crippen LogP contribution is -2.44. The van der Waals surface area contributed by atoms with Gasteiger partial charge < -0.3 is 15.1 Å². The van der Waals surface area contributed by atoms with E-state index in [9.17, 15) is 9.59 Å². The Labute approximate surface area is 175 Å². The number of hydrogen-bond acceptors (Lipinski definition) is 4. The van der Waals surface area contributed by atoms with Gasteiger partial charge in [0.25, 0.3) is 5.91 Å². The molecule has 1 aromatic rings. The average Bonchev–Trinajstić information content (AvgIpc) is 3.16. The van der Waals surface area contributed by atoms with Gasteiger partial charge in [0.2, 0.25) is 5.91 Å². The minimum atomic E-state index is 0.00276. The van der Waals surface area contributed by atoms with Crippen molar-refractivity contribution in [3.63, 3.8) is 0 Å². The van der Waals surface area contributed by atoms with Gasteiger partial charge >= 0.3 is 0 Å². The molecule has 0 aromatic heterocycles. The van der Waals surface area contributed by atoms with Crippen LogP contribution in [0, 0.1) is 0 Å². The minimum absolute atomic E-state index is 0.00276. The predicted octanol–water partition coefficient (Wildman–Crippen LogP) is 3.06. The molecule has 1 unspecified atom stereocenters. The van der Waals surface area contributed by atoms with E-state index in [2.05, 4.69) is 15.1 Å². The lowest BCUT2D eigenvalue weighted by Gasteiger charge is -2.32. The van der Waals surface area contributed by atoms with E-state index in [-0.39, 0.29) is 11.8 Å². The van der Waals surface area contributed by atoms with Crippen molar-refractivity contribution in [3.05, 3.63) is 29.8 Å². The zero-order valence-electron chi connectivity index (χ0n) is 18.0. The molecule has 1 atom stereocenters. The van der Waals surface area contributed by atoms with E-state index in [1.807, 2.05) is 32.0 Å². The van der Waals surface area contributed by atoms with E-state index in [4.69, 9.17) is 0 Å². The Hall–Kier alpha value is -1.92. The van der Waals surface area contributed by atoms with Crippen LogP contribution >= 0.6 is 0 Å². The minimum Gasteiger partial charge on any atom is -0.339 e. The van der Waals surface area contributed by atoms with Gasteiger partial charge in [-0.2, -0.15) is 0 Å². The van der Waals surface area contributed by atoms with Crippen molar-refractivity contribution < 1.29 is 9.59 Å². The smallest absolute Gasteiger partial charge is 0.253 e.